The zero-order valence-electron chi connectivity index (χ0n) is 11.6. The molecule has 0 aromatic carbocycles. The van der Waals surface area contributed by atoms with Gasteiger partial charge in [-0.05, 0) is 26.7 Å². The highest BCUT2D eigenvalue weighted by molar-refractivity contribution is 5.89. The molecule has 4 heteroatoms. The number of carbonyl (C=O) groups excluding carboxylic acids is 2. The predicted octanol–water partition coefficient (Wildman–Crippen LogP) is 2.12. The summed E-state index contributed by atoms with van der Waals surface area (Å²) in [7, 11) is 1.39. The molecule has 0 spiro atoms. The van der Waals surface area contributed by atoms with Gasteiger partial charge < -0.3 is 9.64 Å². The van der Waals surface area contributed by atoms with Gasteiger partial charge in [0.2, 0.25) is 5.91 Å². The van der Waals surface area contributed by atoms with E-state index < -0.39 is 5.54 Å². The fourth-order valence-corrected chi connectivity index (χ4v) is 3.54. The lowest BCUT2D eigenvalue weighted by Crippen LogP contribution is -2.52. The van der Waals surface area contributed by atoms with E-state index in [-0.39, 0.29) is 17.8 Å². The van der Waals surface area contributed by atoms with Crippen molar-refractivity contribution in [1.82, 2.24) is 4.90 Å². The third-order valence-electron chi connectivity index (χ3n) is 4.55. The first kappa shape index (κ1) is 13.4. The third-order valence-corrected chi connectivity index (χ3v) is 4.55. The Morgan fingerprint density at radius 1 is 1.28 bits per heavy atom. The molecule has 0 bridgehead atoms. The molecule has 1 atom stereocenters. The normalized spacial score (nSPS) is 28.5. The first-order chi connectivity index (χ1) is 8.48. The number of hydrogen-bond donors (Lipinski definition) is 0. The van der Waals surface area contributed by atoms with Gasteiger partial charge in [0.15, 0.2) is 0 Å². The molecule has 1 heterocycles. The molecule has 0 radical (unpaired) electrons. The van der Waals surface area contributed by atoms with Crippen LogP contribution in [-0.2, 0) is 14.3 Å². The van der Waals surface area contributed by atoms with Gasteiger partial charge in [-0.3, -0.25) is 9.59 Å². The van der Waals surface area contributed by atoms with Crippen molar-refractivity contribution in [3.05, 3.63) is 0 Å². The van der Waals surface area contributed by atoms with Gasteiger partial charge in [-0.25, -0.2) is 0 Å². The fourth-order valence-electron chi connectivity index (χ4n) is 3.54. The van der Waals surface area contributed by atoms with Gasteiger partial charge in [-0.1, -0.05) is 19.3 Å². The summed E-state index contributed by atoms with van der Waals surface area (Å²) in [6.45, 7) is 3.99. The average molecular weight is 253 g/mol. The topological polar surface area (TPSA) is 46.6 Å². The fraction of sp³-hybridized carbons (Fsp3) is 0.857. The molecular formula is C14H23NO3. The summed E-state index contributed by atoms with van der Waals surface area (Å²) in [6.07, 6.45) is 6.09. The first-order valence-electron chi connectivity index (χ1n) is 6.88. The monoisotopic (exact) mass is 253 g/mol. The average Bonchev–Trinajstić information content (AvgIpc) is 2.59. The van der Waals surface area contributed by atoms with E-state index in [1.807, 2.05) is 18.7 Å². The number of methoxy groups -OCH3 is 1. The predicted molar refractivity (Wildman–Crippen MR) is 67.9 cm³/mol. The maximum absolute atomic E-state index is 12.2. The van der Waals surface area contributed by atoms with Crippen molar-refractivity contribution in [2.24, 2.45) is 5.92 Å². The maximum Gasteiger partial charge on any atom is 0.311 e. The van der Waals surface area contributed by atoms with Crippen molar-refractivity contribution >= 4 is 11.9 Å². The number of carbonyl (C=O) groups is 2. The van der Waals surface area contributed by atoms with Crippen LogP contribution in [0.1, 0.15) is 52.4 Å². The van der Waals surface area contributed by atoms with Gasteiger partial charge in [0, 0.05) is 12.5 Å². The van der Waals surface area contributed by atoms with E-state index in [1.54, 1.807) is 0 Å². The summed E-state index contributed by atoms with van der Waals surface area (Å²) in [4.78, 5) is 26.0. The van der Waals surface area contributed by atoms with Crippen molar-refractivity contribution in [1.29, 1.82) is 0 Å². The van der Waals surface area contributed by atoms with Crippen LogP contribution >= 0.6 is 0 Å². The third kappa shape index (κ3) is 2.13. The molecule has 1 aliphatic heterocycles. The van der Waals surface area contributed by atoms with Gasteiger partial charge >= 0.3 is 5.97 Å². The highest BCUT2D eigenvalue weighted by Crippen LogP contribution is 2.40. The van der Waals surface area contributed by atoms with E-state index in [0.29, 0.717) is 12.5 Å². The molecule has 1 amide bonds. The van der Waals surface area contributed by atoms with Crippen LogP contribution in [0, 0.1) is 5.92 Å². The second-order valence-electron chi connectivity index (χ2n) is 5.99. The molecule has 4 nitrogen and oxygen atoms in total. The number of nitrogens with zero attached hydrogens (tertiary/aromatic N) is 1. The number of likely N-dealkylation sites (tertiary alicyclic amines) is 1. The zero-order chi connectivity index (χ0) is 13.3. The quantitative estimate of drug-likeness (QED) is 0.708. The largest absolute Gasteiger partial charge is 0.469 e. The Morgan fingerprint density at radius 2 is 1.89 bits per heavy atom. The number of ether oxygens (including phenoxy) is 1. The summed E-state index contributed by atoms with van der Waals surface area (Å²) in [6, 6.07) is 0.316. The van der Waals surface area contributed by atoms with Gasteiger partial charge in [-0.2, -0.15) is 0 Å². The van der Waals surface area contributed by atoms with E-state index in [0.717, 1.165) is 12.8 Å². The van der Waals surface area contributed by atoms with E-state index in [1.165, 1.54) is 26.4 Å². The van der Waals surface area contributed by atoms with E-state index in [4.69, 9.17) is 4.74 Å². The minimum atomic E-state index is -0.411. The molecule has 2 rings (SSSR count). The molecule has 102 valence electrons. The molecule has 0 N–H and O–H groups in total. The molecule has 18 heavy (non-hydrogen) atoms. The molecule has 1 unspecified atom stereocenters. The Labute approximate surface area is 109 Å². The Bertz CT molecular complexity index is 345. The van der Waals surface area contributed by atoms with Crippen LogP contribution in [0.25, 0.3) is 0 Å². The summed E-state index contributed by atoms with van der Waals surface area (Å²) in [5.41, 5.74) is -0.411. The van der Waals surface area contributed by atoms with Crippen LogP contribution < -0.4 is 0 Å². The smallest absolute Gasteiger partial charge is 0.311 e. The van der Waals surface area contributed by atoms with E-state index >= 15 is 0 Å². The van der Waals surface area contributed by atoms with E-state index in [9.17, 15) is 9.59 Å². The maximum atomic E-state index is 12.2. The van der Waals surface area contributed by atoms with Crippen LogP contribution in [0.3, 0.4) is 0 Å². The number of rotatable bonds is 2. The highest BCUT2D eigenvalue weighted by Gasteiger charge is 2.52. The first-order valence-corrected chi connectivity index (χ1v) is 6.88. The molecule has 2 aliphatic rings. The summed E-state index contributed by atoms with van der Waals surface area (Å²) in [5, 5.41) is 0. The second-order valence-corrected chi connectivity index (χ2v) is 5.99. The Hall–Kier alpha value is -1.06. The van der Waals surface area contributed by atoms with Gasteiger partial charge in [0.25, 0.3) is 0 Å². The van der Waals surface area contributed by atoms with Gasteiger partial charge in [0.1, 0.15) is 0 Å². The second kappa shape index (κ2) is 4.90. The zero-order valence-corrected chi connectivity index (χ0v) is 11.6. The lowest BCUT2D eigenvalue weighted by molar-refractivity contribution is -0.148. The Balaban J connectivity index is 2.19. The molecule has 1 aliphatic carbocycles. The van der Waals surface area contributed by atoms with Crippen molar-refractivity contribution in [2.75, 3.05) is 7.11 Å². The van der Waals surface area contributed by atoms with Crippen LogP contribution in [0.2, 0.25) is 0 Å². The molecule has 1 saturated carbocycles. The van der Waals surface area contributed by atoms with Crippen molar-refractivity contribution < 1.29 is 14.3 Å². The van der Waals surface area contributed by atoms with Crippen LogP contribution in [-0.4, -0.2) is 35.5 Å². The molecule has 0 aromatic heterocycles. The summed E-state index contributed by atoms with van der Waals surface area (Å²) >= 11 is 0. The standard InChI is InChI=1S/C14H23NO3/c1-14(2)11(13(17)18-3)9-12(16)15(14)10-7-5-4-6-8-10/h10-11H,4-9H2,1-3H3. The number of amides is 1. The van der Waals surface area contributed by atoms with Crippen molar-refractivity contribution in [3.8, 4) is 0 Å². The van der Waals surface area contributed by atoms with Crippen LogP contribution in [0.5, 0.6) is 0 Å². The van der Waals surface area contributed by atoms with E-state index in [2.05, 4.69) is 0 Å². The summed E-state index contributed by atoms with van der Waals surface area (Å²) in [5.74, 6) is -0.467. The molecule has 2 fully saturated rings. The SMILES string of the molecule is COC(=O)C1CC(=O)N(C2CCCCC2)C1(C)C. The van der Waals surface area contributed by atoms with Gasteiger partial charge in [0.05, 0.1) is 18.6 Å². The number of hydrogen-bond acceptors (Lipinski definition) is 3. The minimum absolute atomic E-state index is 0.113. The van der Waals surface area contributed by atoms with Crippen molar-refractivity contribution in [2.45, 2.75) is 64.0 Å². The van der Waals surface area contributed by atoms with Crippen molar-refractivity contribution in [3.63, 3.8) is 0 Å². The van der Waals surface area contributed by atoms with Crippen LogP contribution in [0.15, 0.2) is 0 Å². The number of esters is 1. The molecule has 1 saturated heterocycles. The minimum Gasteiger partial charge on any atom is -0.469 e. The Kier molecular flexibility index (Phi) is 3.64. The highest BCUT2D eigenvalue weighted by atomic mass is 16.5. The molecule has 0 aromatic rings. The van der Waals surface area contributed by atoms with Gasteiger partial charge in [-0.15, -0.1) is 0 Å². The lowest BCUT2D eigenvalue weighted by atomic mass is 9.85. The molecular weight excluding hydrogens is 230 g/mol. The summed E-state index contributed by atoms with van der Waals surface area (Å²) < 4.78 is 4.84. The van der Waals surface area contributed by atoms with Crippen LogP contribution in [0.4, 0.5) is 0 Å². The lowest BCUT2D eigenvalue weighted by Gasteiger charge is -2.42. The Morgan fingerprint density at radius 3 is 2.44 bits per heavy atom.